The fraction of sp³-hybridized carbons (Fsp3) is 0.733. The van der Waals surface area contributed by atoms with Crippen LogP contribution in [-0.4, -0.2) is 23.1 Å². The lowest BCUT2D eigenvalue weighted by molar-refractivity contribution is 0.394. The van der Waals surface area contributed by atoms with Gasteiger partial charge in [0.25, 0.3) is 0 Å². The van der Waals surface area contributed by atoms with Crippen molar-refractivity contribution in [2.45, 2.75) is 64.3 Å². The Kier molecular flexibility index (Phi) is 5.00. The summed E-state index contributed by atoms with van der Waals surface area (Å²) in [5, 5.41) is 3.56. The van der Waals surface area contributed by atoms with E-state index in [-0.39, 0.29) is 0 Å². The minimum absolute atomic E-state index is 0.310. The third-order valence-corrected chi connectivity index (χ3v) is 3.65. The molecule has 0 spiro atoms. The van der Waals surface area contributed by atoms with E-state index < -0.39 is 0 Å². The van der Waals surface area contributed by atoms with Gasteiger partial charge >= 0.3 is 0 Å². The van der Waals surface area contributed by atoms with E-state index in [4.69, 9.17) is 4.74 Å². The van der Waals surface area contributed by atoms with Crippen molar-refractivity contribution < 1.29 is 4.74 Å². The van der Waals surface area contributed by atoms with E-state index >= 15 is 0 Å². The van der Waals surface area contributed by atoms with E-state index in [0.29, 0.717) is 17.8 Å². The van der Waals surface area contributed by atoms with Crippen molar-refractivity contribution in [2.75, 3.05) is 12.4 Å². The van der Waals surface area contributed by atoms with Crippen LogP contribution in [0.2, 0.25) is 0 Å². The second-order valence-corrected chi connectivity index (χ2v) is 5.64. The molecule has 0 aliphatic heterocycles. The van der Waals surface area contributed by atoms with Gasteiger partial charge < -0.3 is 10.1 Å². The van der Waals surface area contributed by atoms with E-state index in [1.54, 1.807) is 7.11 Å². The first-order valence-electron chi connectivity index (χ1n) is 7.38. The molecule has 1 aromatic heterocycles. The normalized spacial score (nSPS) is 17.3. The van der Waals surface area contributed by atoms with Crippen LogP contribution in [0.1, 0.15) is 64.1 Å². The Bertz CT molecular complexity index is 398. The number of hydrogen-bond donors (Lipinski definition) is 1. The van der Waals surface area contributed by atoms with Gasteiger partial charge in [-0.05, 0) is 12.8 Å². The molecule has 4 nitrogen and oxygen atoms in total. The lowest BCUT2D eigenvalue weighted by Crippen LogP contribution is -2.19. The van der Waals surface area contributed by atoms with Crippen LogP contribution in [0.15, 0.2) is 6.07 Å². The van der Waals surface area contributed by atoms with Crippen molar-refractivity contribution in [3.8, 4) is 5.88 Å². The first kappa shape index (κ1) is 14.1. The largest absolute Gasteiger partial charge is 0.481 e. The number of nitrogens with zero attached hydrogens (tertiary/aromatic N) is 2. The van der Waals surface area contributed by atoms with Crippen molar-refractivity contribution in [3.63, 3.8) is 0 Å². The maximum absolute atomic E-state index is 5.27. The van der Waals surface area contributed by atoms with Crippen LogP contribution in [0.3, 0.4) is 0 Å². The van der Waals surface area contributed by atoms with Gasteiger partial charge in [-0.25, -0.2) is 4.98 Å². The number of methoxy groups -OCH3 is 1. The minimum Gasteiger partial charge on any atom is -0.481 e. The Balaban J connectivity index is 2.11. The molecule has 2 rings (SSSR count). The van der Waals surface area contributed by atoms with Gasteiger partial charge in [0.1, 0.15) is 11.6 Å². The van der Waals surface area contributed by atoms with Crippen LogP contribution >= 0.6 is 0 Å². The fourth-order valence-corrected chi connectivity index (χ4v) is 2.51. The summed E-state index contributed by atoms with van der Waals surface area (Å²) in [6.45, 7) is 4.20. The molecule has 0 saturated heterocycles. The summed E-state index contributed by atoms with van der Waals surface area (Å²) >= 11 is 0. The Morgan fingerprint density at radius 1 is 1.16 bits per heavy atom. The van der Waals surface area contributed by atoms with Crippen molar-refractivity contribution in [1.82, 2.24) is 9.97 Å². The molecular weight excluding hydrogens is 238 g/mol. The second-order valence-electron chi connectivity index (χ2n) is 5.64. The van der Waals surface area contributed by atoms with Gasteiger partial charge in [0.05, 0.1) is 7.11 Å². The highest BCUT2D eigenvalue weighted by atomic mass is 16.5. The van der Waals surface area contributed by atoms with E-state index in [1.165, 1.54) is 38.5 Å². The Morgan fingerprint density at radius 2 is 1.84 bits per heavy atom. The highest BCUT2D eigenvalue weighted by Gasteiger charge is 2.14. The molecule has 106 valence electrons. The fourth-order valence-electron chi connectivity index (χ4n) is 2.51. The van der Waals surface area contributed by atoms with Crippen LogP contribution in [0.4, 0.5) is 5.82 Å². The van der Waals surface area contributed by atoms with Crippen LogP contribution in [0.25, 0.3) is 0 Å². The standard InChI is InChI=1S/C15H25N3O/c1-11(2)15-17-13(10-14(18-15)19-3)16-12-8-6-4-5-7-9-12/h10-12H,4-9H2,1-3H3,(H,16,17,18). The molecule has 1 heterocycles. The third-order valence-electron chi connectivity index (χ3n) is 3.65. The number of anilines is 1. The maximum Gasteiger partial charge on any atom is 0.218 e. The maximum atomic E-state index is 5.27. The van der Waals surface area contributed by atoms with E-state index in [2.05, 4.69) is 29.1 Å². The average Bonchev–Trinajstić information content (AvgIpc) is 2.67. The summed E-state index contributed by atoms with van der Waals surface area (Å²) in [6.07, 6.45) is 7.84. The van der Waals surface area contributed by atoms with Crippen LogP contribution < -0.4 is 10.1 Å². The van der Waals surface area contributed by atoms with Gasteiger partial charge in [0.2, 0.25) is 5.88 Å². The molecule has 0 aromatic carbocycles. The number of aromatic nitrogens is 2. The van der Waals surface area contributed by atoms with Gasteiger partial charge in [-0.2, -0.15) is 4.98 Å². The summed E-state index contributed by atoms with van der Waals surface area (Å²) in [5.41, 5.74) is 0. The highest BCUT2D eigenvalue weighted by molar-refractivity contribution is 5.39. The smallest absolute Gasteiger partial charge is 0.218 e. The zero-order chi connectivity index (χ0) is 13.7. The predicted molar refractivity (Wildman–Crippen MR) is 77.8 cm³/mol. The molecule has 4 heteroatoms. The molecule has 19 heavy (non-hydrogen) atoms. The minimum atomic E-state index is 0.310. The average molecular weight is 263 g/mol. The van der Waals surface area contributed by atoms with Gasteiger partial charge in [-0.3, -0.25) is 0 Å². The highest BCUT2D eigenvalue weighted by Crippen LogP contribution is 2.23. The zero-order valence-corrected chi connectivity index (χ0v) is 12.3. The second kappa shape index (κ2) is 6.73. The number of rotatable bonds is 4. The summed E-state index contributed by atoms with van der Waals surface area (Å²) in [5.74, 6) is 2.71. The Labute approximate surface area is 116 Å². The first-order valence-corrected chi connectivity index (χ1v) is 7.38. The van der Waals surface area contributed by atoms with Gasteiger partial charge in [-0.15, -0.1) is 0 Å². The van der Waals surface area contributed by atoms with Crippen LogP contribution in [0, 0.1) is 0 Å². The molecule has 1 saturated carbocycles. The molecule has 0 radical (unpaired) electrons. The van der Waals surface area contributed by atoms with Crippen LogP contribution in [-0.2, 0) is 0 Å². The summed E-state index contributed by atoms with van der Waals surface area (Å²) in [7, 11) is 1.65. The van der Waals surface area contributed by atoms with Gasteiger partial charge in [-0.1, -0.05) is 39.5 Å². The lowest BCUT2D eigenvalue weighted by atomic mass is 10.1. The van der Waals surface area contributed by atoms with Gasteiger partial charge in [0.15, 0.2) is 0 Å². The van der Waals surface area contributed by atoms with E-state index in [0.717, 1.165) is 11.6 Å². The monoisotopic (exact) mass is 263 g/mol. The molecular formula is C15H25N3O. The van der Waals surface area contributed by atoms with Crippen LogP contribution in [0.5, 0.6) is 5.88 Å². The molecule has 1 aliphatic carbocycles. The Morgan fingerprint density at radius 3 is 2.42 bits per heavy atom. The third kappa shape index (κ3) is 4.08. The summed E-state index contributed by atoms with van der Waals surface area (Å²) in [4.78, 5) is 8.99. The molecule has 1 aliphatic rings. The summed E-state index contributed by atoms with van der Waals surface area (Å²) in [6, 6.07) is 2.44. The molecule has 1 fully saturated rings. The number of ether oxygens (including phenoxy) is 1. The first-order chi connectivity index (χ1) is 9.19. The number of hydrogen-bond acceptors (Lipinski definition) is 4. The quantitative estimate of drug-likeness (QED) is 0.841. The SMILES string of the molecule is COc1cc(NC2CCCCCC2)nc(C(C)C)n1. The Hall–Kier alpha value is -1.32. The van der Waals surface area contributed by atoms with E-state index in [9.17, 15) is 0 Å². The number of nitrogens with one attached hydrogen (secondary N) is 1. The molecule has 1 aromatic rings. The van der Waals surface area contributed by atoms with Crippen molar-refractivity contribution in [1.29, 1.82) is 0 Å². The molecule has 0 unspecified atom stereocenters. The molecule has 1 N–H and O–H groups in total. The molecule has 0 bridgehead atoms. The molecule has 0 atom stereocenters. The molecule has 0 amide bonds. The van der Waals surface area contributed by atoms with Crippen molar-refractivity contribution in [2.24, 2.45) is 0 Å². The van der Waals surface area contributed by atoms with Crippen molar-refractivity contribution in [3.05, 3.63) is 11.9 Å². The summed E-state index contributed by atoms with van der Waals surface area (Å²) < 4.78 is 5.27. The zero-order valence-electron chi connectivity index (χ0n) is 12.3. The predicted octanol–water partition coefficient (Wildman–Crippen LogP) is 3.74. The topological polar surface area (TPSA) is 47.0 Å². The van der Waals surface area contributed by atoms with Crippen molar-refractivity contribution >= 4 is 5.82 Å². The van der Waals surface area contributed by atoms with E-state index in [1.807, 2.05) is 6.07 Å². The lowest BCUT2D eigenvalue weighted by Gasteiger charge is -2.18. The van der Waals surface area contributed by atoms with Gasteiger partial charge in [0, 0.05) is 18.0 Å².